The predicted molar refractivity (Wildman–Crippen MR) is 98.4 cm³/mol. The van der Waals surface area contributed by atoms with Gasteiger partial charge in [0.1, 0.15) is 0 Å². The number of ketones is 1. The molecule has 0 saturated heterocycles. The lowest BCUT2D eigenvalue weighted by atomic mass is 10.1. The van der Waals surface area contributed by atoms with Crippen LogP contribution >= 0.6 is 23.2 Å². The number of halogens is 2. The number of rotatable bonds is 6. The van der Waals surface area contributed by atoms with E-state index in [1.165, 1.54) is 56.6 Å². The molecule has 0 aliphatic rings. The van der Waals surface area contributed by atoms with Gasteiger partial charge in [0.2, 0.25) is 10.0 Å². The monoisotopic (exact) mass is 415 g/mol. The van der Waals surface area contributed by atoms with Crippen LogP contribution in [0.25, 0.3) is 0 Å². The maximum absolute atomic E-state index is 12.1. The Morgan fingerprint density at radius 2 is 1.69 bits per heavy atom. The Balaban J connectivity index is 2.11. The maximum atomic E-state index is 12.1. The molecule has 0 fully saturated rings. The van der Waals surface area contributed by atoms with Crippen molar-refractivity contribution in [3.8, 4) is 0 Å². The van der Waals surface area contributed by atoms with E-state index in [1.807, 2.05) is 0 Å². The molecule has 2 rings (SSSR count). The third-order valence-electron chi connectivity index (χ3n) is 3.42. The van der Waals surface area contributed by atoms with Gasteiger partial charge in [-0.2, -0.15) is 0 Å². The summed E-state index contributed by atoms with van der Waals surface area (Å²) in [4.78, 5) is 24.2. The van der Waals surface area contributed by atoms with E-state index in [-0.39, 0.29) is 21.0 Å². The van der Waals surface area contributed by atoms with Gasteiger partial charge in [-0.05, 0) is 36.4 Å². The summed E-state index contributed by atoms with van der Waals surface area (Å²) in [6.07, 6.45) is 0. The van der Waals surface area contributed by atoms with Gasteiger partial charge in [0.15, 0.2) is 12.4 Å². The van der Waals surface area contributed by atoms with E-state index in [9.17, 15) is 18.0 Å². The van der Waals surface area contributed by atoms with Crippen LogP contribution < -0.4 is 0 Å². The molecular formula is C17H15Cl2NO5S. The fraction of sp³-hybridized carbons (Fsp3) is 0.176. The zero-order valence-electron chi connectivity index (χ0n) is 13.9. The molecule has 26 heavy (non-hydrogen) atoms. The van der Waals surface area contributed by atoms with E-state index in [4.69, 9.17) is 27.9 Å². The molecule has 0 radical (unpaired) electrons. The topological polar surface area (TPSA) is 80.8 Å². The first-order valence-corrected chi connectivity index (χ1v) is 9.50. The first-order valence-electron chi connectivity index (χ1n) is 7.31. The van der Waals surface area contributed by atoms with Crippen LogP contribution in [0, 0.1) is 0 Å². The van der Waals surface area contributed by atoms with Crippen LogP contribution in [-0.2, 0) is 14.8 Å². The highest BCUT2D eigenvalue weighted by molar-refractivity contribution is 7.89. The predicted octanol–water partition coefficient (Wildman–Crippen LogP) is 3.28. The fourth-order valence-electron chi connectivity index (χ4n) is 1.96. The molecule has 0 unspecified atom stereocenters. The van der Waals surface area contributed by atoms with E-state index >= 15 is 0 Å². The Bertz CT molecular complexity index is 957. The second-order valence-electron chi connectivity index (χ2n) is 5.44. The third kappa shape index (κ3) is 4.62. The number of hydrogen-bond acceptors (Lipinski definition) is 5. The molecule has 138 valence electrons. The van der Waals surface area contributed by atoms with Crippen molar-refractivity contribution in [3.63, 3.8) is 0 Å². The van der Waals surface area contributed by atoms with E-state index < -0.39 is 28.4 Å². The second kappa shape index (κ2) is 8.18. The van der Waals surface area contributed by atoms with Crippen LogP contribution in [-0.4, -0.2) is 45.2 Å². The quantitative estimate of drug-likeness (QED) is 0.533. The van der Waals surface area contributed by atoms with Crippen molar-refractivity contribution in [1.82, 2.24) is 4.31 Å². The molecule has 0 aliphatic carbocycles. The molecule has 9 heteroatoms. The highest BCUT2D eigenvalue weighted by Crippen LogP contribution is 2.23. The molecule has 0 N–H and O–H groups in total. The molecule has 0 heterocycles. The summed E-state index contributed by atoms with van der Waals surface area (Å²) in [5, 5.41) is 0.518. The van der Waals surface area contributed by atoms with Crippen molar-refractivity contribution in [2.75, 3.05) is 20.7 Å². The summed E-state index contributed by atoms with van der Waals surface area (Å²) in [6, 6.07) is 9.70. The van der Waals surface area contributed by atoms with Gasteiger partial charge < -0.3 is 4.74 Å². The first-order chi connectivity index (χ1) is 12.1. The van der Waals surface area contributed by atoms with Gasteiger partial charge in [-0.3, -0.25) is 4.79 Å². The fourth-order valence-corrected chi connectivity index (χ4v) is 3.21. The highest BCUT2D eigenvalue weighted by Gasteiger charge is 2.20. The largest absolute Gasteiger partial charge is 0.454 e. The van der Waals surface area contributed by atoms with Gasteiger partial charge in [0, 0.05) is 19.7 Å². The zero-order valence-corrected chi connectivity index (χ0v) is 16.2. The number of carbonyl (C=O) groups excluding carboxylic acids is 2. The Morgan fingerprint density at radius 3 is 2.31 bits per heavy atom. The number of carbonyl (C=O) groups is 2. The van der Waals surface area contributed by atoms with Gasteiger partial charge in [0.25, 0.3) is 0 Å². The number of ether oxygens (including phenoxy) is 1. The molecule has 0 saturated carbocycles. The summed E-state index contributed by atoms with van der Waals surface area (Å²) in [5.74, 6) is -1.27. The molecule has 0 spiro atoms. The van der Waals surface area contributed by atoms with Crippen molar-refractivity contribution in [2.24, 2.45) is 0 Å². The molecule has 0 amide bonds. The lowest BCUT2D eigenvalue weighted by Crippen LogP contribution is -2.22. The van der Waals surface area contributed by atoms with Crippen molar-refractivity contribution in [2.45, 2.75) is 4.90 Å². The lowest BCUT2D eigenvalue weighted by Gasteiger charge is -2.12. The van der Waals surface area contributed by atoms with Crippen LogP contribution in [0.5, 0.6) is 0 Å². The minimum Gasteiger partial charge on any atom is -0.454 e. The summed E-state index contributed by atoms with van der Waals surface area (Å²) in [6.45, 7) is -0.512. The van der Waals surface area contributed by atoms with Crippen molar-refractivity contribution >= 4 is 45.0 Å². The minimum atomic E-state index is -3.68. The van der Waals surface area contributed by atoms with E-state index in [2.05, 4.69) is 0 Å². The Labute approximate surface area is 161 Å². The Morgan fingerprint density at radius 1 is 1.00 bits per heavy atom. The molecular weight excluding hydrogens is 401 g/mol. The lowest BCUT2D eigenvalue weighted by molar-refractivity contribution is 0.0474. The Kier molecular flexibility index (Phi) is 6.41. The van der Waals surface area contributed by atoms with Gasteiger partial charge in [-0.25, -0.2) is 17.5 Å². The van der Waals surface area contributed by atoms with E-state index in [1.54, 1.807) is 0 Å². The van der Waals surface area contributed by atoms with Gasteiger partial charge in [-0.1, -0.05) is 29.3 Å². The minimum absolute atomic E-state index is 0.0230. The SMILES string of the molecule is CN(C)S(=O)(=O)c1cccc(C(=O)OCC(=O)c2ccc(Cl)c(Cl)c2)c1. The number of sulfonamides is 1. The Hall–Kier alpha value is -1.93. The molecule has 0 aliphatic heterocycles. The van der Waals surface area contributed by atoms with Gasteiger partial charge in [0.05, 0.1) is 20.5 Å². The summed E-state index contributed by atoms with van der Waals surface area (Å²) >= 11 is 11.6. The first kappa shape index (κ1) is 20.4. The molecule has 0 atom stereocenters. The van der Waals surface area contributed by atoms with Crippen LogP contribution in [0.15, 0.2) is 47.4 Å². The van der Waals surface area contributed by atoms with Gasteiger partial charge >= 0.3 is 5.97 Å². The molecule has 6 nitrogen and oxygen atoms in total. The smallest absolute Gasteiger partial charge is 0.338 e. The van der Waals surface area contributed by atoms with Crippen molar-refractivity contribution in [3.05, 3.63) is 63.6 Å². The summed E-state index contributed by atoms with van der Waals surface area (Å²) in [5.41, 5.74) is 0.269. The van der Waals surface area contributed by atoms with E-state index in [0.29, 0.717) is 5.02 Å². The number of hydrogen-bond donors (Lipinski definition) is 0. The van der Waals surface area contributed by atoms with Crippen LogP contribution in [0.4, 0.5) is 0 Å². The normalized spacial score (nSPS) is 11.4. The third-order valence-corrected chi connectivity index (χ3v) is 5.97. The van der Waals surface area contributed by atoms with Crippen molar-refractivity contribution in [1.29, 1.82) is 0 Å². The number of nitrogens with zero attached hydrogens (tertiary/aromatic N) is 1. The molecule has 2 aromatic carbocycles. The van der Waals surface area contributed by atoms with Crippen LogP contribution in [0.3, 0.4) is 0 Å². The summed E-state index contributed by atoms with van der Waals surface area (Å²) in [7, 11) is -0.914. The van der Waals surface area contributed by atoms with Crippen molar-refractivity contribution < 1.29 is 22.7 Å². The zero-order chi connectivity index (χ0) is 19.5. The van der Waals surface area contributed by atoms with Gasteiger partial charge in [-0.15, -0.1) is 0 Å². The van der Waals surface area contributed by atoms with Crippen LogP contribution in [0.2, 0.25) is 10.0 Å². The van der Waals surface area contributed by atoms with E-state index in [0.717, 1.165) is 4.31 Å². The second-order valence-corrected chi connectivity index (χ2v) is 8.41. The summed E-state index contributed by atoms with van der Waals surface area (Å²) < 4.78 is 30.2. The maximum Gasteiger partial charge on any atom is 0.338 e. The average molecular weight is 416 g/mol. The average Bonchev–Trinajstić information content (AvgIpc) is 2.61. The highest BCUT2D eigenvalue weighted by atomic mass is 35.5. The number of esters is 1. The molecule has 0 aromatic heterocycles. The molecule has 0 bridgehead atoms. The molecule has 2 aromatic rings. The van der Waals surface area contributed by atoms with Crippen LogP contribution in [0.1, 0.15) is 20.7 Å². The number of Topliss-reactive ketones (excluding diaryl/α,β-unsaturated/α-hetero) is 1. The number of benzene rings is 2. The standard InChI is InChI=1S/C17H15Cl2NO5S/c1-20(2)26(23,24)13-5-3-4-12(8-13)17(22)25-10-16(21)11-6-7-14(18)15(19)9-11/h3-9H,10H2,1-2H3.